The Morgan fingerprint density at radius 2 is 2.19 bits per heavy atom. The second kappa shape index (κ2) is 6.49. The number of hydrogen-bond donors (Lipinski definition) is 2. The summed E-state index contributed by atoms with van der Waals surface area (Å²) in [6.45, 7) is 0.0621. The SMILES string of the molecule is CNC(=O)Cn1cc(NC(=O)c2ccc(F)cc2Br)cn1. The normalized spacial score (nSPS) is 10.2. The van der Waals surface area contributed by atoms with E-state index < -0.39 is 11.7 Å². The van der Waals surface area contributed by atoms with Crippen molar-refractivity contribution in [2.45, 2.75) is 6.54 Å². The van der Waals surface area contributed by atoms with Gasteiger partial charge >= 0.3 is 0 Å². The highest BCUT2D eigenvalue weighted by atomic mass is 79.9. The molecule has 1 aromatic carbocycles. The van der Waals surface area contributed by atoms with Gasteiger partial charge in [0.1, 0.15) is 12.4 Å². The molecule has 0 aliphatic rings. The van der Waals surface area contributed by atoms with Gasteiger partial charge in [0.25, 0.3) is 5.91 Å². The fourth-order valence-corrected chi connectivity index (χ4v) is 2.14. The lowest BCUT2D eigenvalue weighted by atomic mass is 10.2. The van der Waals surface area contributed by atoms with E-state index in [-0.39, 0.29) is 12.5 Å². The molecule has 110 valence electrons. The summed E-state index contributed by atoms with van der Waals surface area (Å²) in [5.41, 5.74) is 0.746. The minimum atomic E-state index is -0.433. The van der Waals surface area contributed by atoms with Crippen molar-refractivity contribution in [1.82, 2.24) is 15.1 Å². The molecule has 0 aliphatic heterocycles. The van der Waals surface area contributed by atoms with E-state index in [1.807, 2.05) is 0 Å². The van der Waals surface area contributed by atoms with Gasteiger partial charge in [-0.15, -0.1) is 0 Å². The predicted molar refractivity (Wildman–Crippen MR) is 78.3 cm³/mol. The molecule has 1 heterocycles. The van der Waals surface area contributed by atoms with Crippen LogP contribution in [-0.2, 0) is 11.3 Å². The summed E-state index contributed by atoms with van der Waals surface area (Å²) in [6.07, 6.45) is 2.96. The molecule has 2 rings (SSSR count). The number of hydrogen-bond acceptors (Lipinski definition) is 3. The van der Waals surface area contributed by atoms with Crippen molar-refractivity contribution < 1.29 is 14.0 Å². The lowest BCUT2D eigenvalue weighted by molar-refractivity contribution is -0.121. The van der Waals surface area contributed by atoms with Crippen LogP contribution in [0.15, 0.2) is 35.1 Å². The smallest absolute Gasteiger partial charge is 0.256 e. The molecular formula is C13H12BrFN4O2. The number of likely N-dealkylation sites (N-methyl/N-ethyl adjacent to an activating group) is 1. The summed E-state index contributed by atoms with van der Waals surface area (Å²) in [7, 11) is 1.53. The van der Waals surface area contributed by atoms with Crippen LogP contribution in [0.3, 0.4) is 0 Å². The molecule has 21 heavy (non-hydrogen) atoms. The first-order chi connectivity index (χ1) is 9.99. The molecule has 6 nitrogen and oxygen atoms in total. The fourth-order valence-electron chi connectivity index (χ4n) is 1.61. The van der Waals surface area contributed by atoms with Crippen molar-refractivity contribution in [2.24, 2.45) is 0 Å². The van der Waals surface area contributed by atoms with E-state index in [0.29, 0.717) is 15.7 Å². The molecule has 8 heteroatoms. The predicted octanol–water partition coefficient (Wildman–Crippen LogP) is 1.78. The minimum absolute atomic E-state index is 0.0621. The maximum absolute atomic E-state index is 13.0. The highest BCUT2D eigenvalue weighted by Gasteiger charge is 2.12. The Hall–Kier alpha value is -2.22. The maximum atomic E-state index is 13.0. The third-order valence-corrected chi connectivity index (χ3v) is 3.31. The minimum Gasteiger partial charge on any atom is -0.358 e. The average Bonchev–Trinajstić information content (AvgIpc) is 2.85. The first kappa shape index (κ1) is 15.2. The van der Waals surface area contributed by atoms with Gasteiger partial charge in [-0.25, -0.2) is 4.39 Å². The number of nitrogens with zero attached hydrogens (tertiary/aromatic N) is 2. The summed E-state index contributed by atoms with van der Waals surface area (Å²) in [6, 6.07) is 3.79. The van der Waals surface area contributed by atoms with E-state index in [0.717, 1.165) is 0 Å². The number of rotatable bonds is 4. The van der Waals surface area contributed by atoms with Crippen molar-refractivity contribution >= 4 is 33.4 Å². The molecule has 0 fully saturated rings. The first-order valence-electron chi connectivity index (χ1n) is 5.99. The molecular weight excluding hydrogens is 343 g/mol. The molecule has 0 saturated carbocycles. The van der Waals surface area contributed by atoms with Crippen molar-refractivity contribution in [1.29, 1.82) is 0 Å². The number of nitrogens with one attached hydrogen (secondary N) is 2. The number of aromatic nitrogens is 2. The molecule has 0 aliphatic carbocycles. The highest BCUT2D eigenvalue weighted by Crippen LogP contribution is 2.19. The molecule has 0 bridgehead atoms. The van der Waals surface area contributed by atoms with Crippen molar-refractivity contribution in [3.63, 3.8) is 0 Å². The summed E-state index contributed by atoms with van der Waals surface area (Å²) >= 11 is 3.13. The van der Waals surface area contributed by atoms with Crippen LogP contribution in [0.5, 0.6) is 0 Å². The van der Waals surface area contributed by atoms with Crippen LogP contribution in [0.1, 0.15) is 10.4 Å². The van der Waals surface area contributed by atoms with Crippen LogP contribution in [0.2, 0.25) is 0 Å². The Labute approximate surface area is 128 Å². The van der Waals surface area contributed by atoms with Gasteiger partial charge in [0.2, 0.25) is 5.91 Å². The zero-order valence-electron chi connectivity index (χ0n) is 11.1. The Morgan fingerprint density at radius 3 is 2.86 bits per heavy atom. The zero-order valence-corrected chi connectivity index (χ0v) is 12.6. The standard InChI is InChI=1S/C13H12BrFN4O2/c1-16-12(20)7-19-6-9(5-17-19)18-13(21)10-3-2-8(15)4-11(10)14/h2-6H,7H2,1H3,(H,16,20)(H,18,21). The van der Waals surface area contributed by atoms with E-state index in [1.165, 1.54) is 42.3 Å². The van der Waals surface area contributed by atoms with Gasteiger partial charge in [-0.05, 0) is 34.1 Å². The van der Waals surface area contributed by atoms with E-state index in [9.17, 15) is 14.0 Å². The van der Waals surface area contributed by atoms with Gasteiger partial charge in [0, 0.05) is 17.7 Å². The lowest BCUT2D eigenvalue weighted by Crippen LogP contribution is -2.23. The van der Waals surface area contributed by atoms with Crippen LogP contribution < -0.4 is 10.6 Å². The molecule has 2 amide bonds. The number of halogens is 2. The van der Waals surface area contributed by atoms with Gasteiger partial charge in [0.15, 0.2) is 0 Å². The number of benzene rings is 1. The lowest BCUT2D eigenvalue weighted by Gasteiger charge is -2.04. The maximum Gasteiger partial charge on any atom is 0.256 e. The Morgan fingerprint density at radius 1 is 1.43 bits per heavy atom. The van der Waals surface area contributed by atoms with Gasteiger partial charge in [-0.2, -0.15) is 5.10 Å². The topological polar surface area (TPSA) is 76.0 Å². The Bertz CT molecular complexity index is 687. The number of carbonyl (C=O) groups excluding carboxylic acids is 2. The molecule has 1 aromatic heterocycles. The van der Waals surface area contributed by atoms with Gasteiger partial charge < -0.3 is 10.6 Å². The van der Waals surface area contributed by atoms with Gasteiger partial charge in [0.05, 0.1) is 17.4 Å². The quantitative estimate of drug-likeness (QED) is 0.878. The van der Waals surface area contributed by atoms with E-state index in [2.05, 4.69) is 31.7 Å². The fraction of sp³-hybridized carbons (Fsp3) is 0.154. The molecule has 0 atom stereocenters. The molecule has 2 aromatic rings. The Kier molecular flexibility index (Phi) is 4.69. The molecule has 2 N–H and O–H groups in total. The summed E-state index contributed by atoms with van der Waals surface area (Å²) in [4.78, 5) is 23.3. The van der Waals surface area contributed by atoms with Crippen LogP contribution in [0.4, 0.5) is 10.1 Å². The van der Waals surface area contributed by atoms with E-state index >= 15 is 0 Å². The van der Waals surface area contributed by atoms with E-state index in [1.54, 1.807) is 0 Å². The third-order valence-electron chi connectivity index (χ3n) is 2.65. The van der Waals surface area contributed by atoms with Crippen LogP contribution in [0, 0.1) is 5.82 Å². The van der Waals surface area contributed by atoms with Crippen LogP contribution in [0.25, 0.3) is 0 Å². The van der Waals surface area contributed by atoms with E-state index in [4.69, 9.17) is 0 Å². The van der Waals surface area contributed by atoms with Gasteiger partial charge in [-0.1, -0.05) is 0 Å². The largest absolute Gasteiger partial charge is 0.358 e. The van der Waals surface area contributed by atoms with Crippen molar-refractivity contribution in [3.05, 3.63) is 46.4 Å². The number of amides is 2. The third kappa shape index (κ3) is 3.88. The van der Waals surface area contributed by atoms with Crippen molar-refractivity contribution in [2.75, 3.05) is 12.4 Å². The van der Waals surface area contributed by atoms with Gasteiger partial charge in [-0.3, -0.25) is 14.3 Å². The summed E-state index contributed by atoms with van der Waals surface area (Å²) in [5.74, 6) is -1.03. The molecule has 0 radical (unpaired) electrons. The van der Waals surface area contributed by atoms with Crippen LogP contribution in [-0.4, -0.2) is 28.6 Å². The zero-order chi connectivity index (χ0) is 15.4. The average molecular weight is 355 g/mol. The van der Waals surface area contributed by atoms with Crippen molar-refractivity contribution in [3.8, 4) is 0 Å². The number of carbonyl (C=O) groups is 2. The summed E-state index contributed by atoms with van der Waals surface area (Å²) < 4.78 is 14.7. The monoisotopic (exact) mass is 354 g/mol. The number of anilines is 1. The first-order valence-corrected chi connectivity index (χ1v) is 6.78. The highest BCUT2D eigenvalue weighted by molar-refractivity contribution is 9.10. The molecule has 0 unspecified atom stereocenters. The second-order valence-corrected chi connectivity index (χ2v) is 5.03. The second-order valence-electron chi connectivity index (χ2n) is 4.18. The molecule has 0 spiro atoms. The Balaban J connectivity index is 2.07. The summed E-state index contributed by atoms with van der Waals surface area (Å²) in [5, 5.41) is 9.05. The van der Waals surface area contributed by atoms with Crippen LogP contribution >= 0.6 is 15.9 Å². The molecule has 0 saturated heterocycles.